The molecule has 1 fully saturated rings. The molecule has 112 valence electrons. The summed E-state index contributed by atoms with van der Waals surface area (Å²) in [6, 6.07) is 5.40. The Morgan fingerprint density at radius 1 is 1.40 bits per heavy atom. The molecule has 3 nitrogen and oxygen atoms in total. The van der Waals surface area contributed by atoms with Crippen LogP contribution in [0.3, 0.4) is 0 Å². The fourth-order valence-electron chi connectivity index (χ4n) is 2.35. The highest BCUT2D eigenvalue weighted by atomic mass is 19.1. The van der Waals surface area contributed by atoms with Crippen LogP contribution in [0.1, 0.15) is 39.2 Å². The second kappa shape index (κ2) is 7.04. The third-order valence-electron chi connectivity index (χ3n) is 3.48. The Kier molecular flexibility index (Phi) is 5.38. The third kappa shape index (κ3) is 4.18. The van der Waals surface area contributed by atoms with Crippen molar-refractivity contribution in [2.45, 2.75) is 58.4 Å². The summed E-state index contributed by atoms with van der Waals surface area (Å²) in [5.41, 5.74) is 0.852. The zero-order valence-corrected chi connectivity index (χ0v) is 12.5. The summed E-state index contributed by atoms with van der Waals surface area (Å²) in [4.78, 5) is 0. The predicted octanol–water partition coefficient (Wildman–Crippen LogP) is 3.27. The molecule has 2 rings (SSSR count). The van der Waals surface area contributed by atoms with Crippen LogP contribution in [0.2, 0.25) is 0 Å². The van der Waals surface area contributed by atoms with E-state index in [9.17, 15) is 4.39 Å². The highest BCUT2D eigenvalue weighted by Gasteiger charge is 2.23. The first kappa shape index (κ1) is 15.3. The Morgan fingerprint density at radius 2 is 2.20 bits per heavy atom. The molecule has 2 atom stereocenters. The predicted molar refractivity (Wildman–Crippen MR) is 77.4 cm³/mol. The SMILES string of the molecule is CC(C)NCc1cccc(F)c1OCC1CCC(C)O1. The molecule has 20 heavy (non-hydrogen) atoms. The van der Waals surface area contributed by atoms with E-state index in [1.165, 1.54) is 6.07 Å². The number of benzene rings is 1. The van der Waals surface area contributed by atoms with Crippen molar-refractivity contribution >= 4 is 0 Å². The number of nitrogens with one attached hydrogen (secondary N) is 1. The number of rotatable bonds is 6. The van der Waals surface area contributed by atoms with Crippen molar-refractivity contribution in [3.63, 3.8) is 0 Å². The minimum atomic E-state index is -0.306. The molecule has 0 aromatic heterocycles. The molecule has 0 saturated carbocycles. The van der Waals surface area contributed by atoms with Gasteiger partial charge in [-0.15, -0.1) is 0 Å². The molecular formula is C16H24FNO2. The fraction of sp³-hybridized carbons (Fsp3) is 0.625. The van der Waals surface area contributed by atoms with Gasteiger partial charge in [0.15, 0.2) is 11.6 Å². The maximum atomic E-state index is 13.9. The van der Waals surface area contributed by atoms with Crippen molar-refractivity contribution in [1.82, 2.24) is 5.32 Å². The summed E-state index contributed by atoms with van der Waals surface area (Å²) in [6.07, 6.45) is 2.39. The van der Waals surface area contributed by atoms with Crippen LogP contribution < -0.4 is 10.1 Å². The Balaban J connectivity index is 1.98. The smallest absolute Gasteiger partial charge is 0.165 e. The van der Waals surface area contributed by atoms with Gasteiger partial charge >= 0.3 is 0 Å². The minimum Gasteiger partial charge on any atom is -0.487 e. The summed E-state index contributed by atoms with van der Waals surface area (Å²) >= 11 is 0. The molecule has 0 aliphatic carbocycles. The van der Waals surface area contributed by atoms with E-state index >= 15 is 0 Å². The average Bonchev–Trinajstić information content (AvgIpc) is 2.81. The monoisotopic (exact) mass is 281 g/mol. The van der Waals surface area contributed by atoms with Gasteiger partial charge in [0.2, 0.25) is 0 Å². The van der Waals surface area contributed by atoms with Gasteiger partial charge in [-0.2, -0.15) is 0 Å². The van der Waals surface area contributed by atoms with Gasteiger partial charge in [0.1, 0.15) is 6.61 Å². The van der Waals surface area contributed by atoms with E-state index in [1.807, 2.05) is 6.07 Å². The number of halogens is 1. The summed E-state index contributed by atoms with van der Waals surface area (Å²) < 4.78 is 25.3. The van der Waals surface area contributed by atoms with Gasteiger partial charge in [-0.25, -0.2) is 4.39 Å². The molecule has 0 radical (unpaired) electrons. The van der Waals surface area contributed by atoms with Crippen LogP contribution in [0.15, 0.2) is 18.2 Å². The van der Waals surface area contributed by atoms with E-state index in [1.54, 1.807) is 6.07 Å². The summed E-state index contributed by atoms with van der Waals surface area (Å²) in [5, 5.41) is 3.29. The van der Waals surface area contributed by atoms with E-state index in [2.05, 4.69) is 26.1 Å². The molecular weight excluding hydrogens is 257 g/mol. The Morgan fingerprint density at radius 3 is 2.85 bits per heavy atom. The number of hydrogen-bond acceptors (Lipinski definition) is 3. The van der Waals surface area contributed by atoms with E-state index in [0.29, 0.717) is 24.9 Å². The van der Waals surface area contributed by atoms with Crippen molar-refractivity contribution in [1.29, 1.82) is 0 Å². The third-order valence-corrected chi connectivity index (χ3v) is 3.48. The molecule has 1 aromatic carbocycles. The van der Waals surface area contributed by atoms with E-state index < -0.39 is 0 Å². The fourth-order valence-corrected chi connectivity index (χ4v) is 2.35. The second-order valence-electron chi connectivity index (χ2n) is 5.72. The van der Waals surface area contributed by atoms with Crippen molar-refractivity contribution in [2.24, 2.45) is 0 Å². The van der Waals surface area contributed by atoms with Crippen LogP contribution in [0, 0.1) is 5.82 Å². The molecule has 0 bridgehead atoms. The Hall–Kier alpha value is -1.13. The number of ether oxygens (including phenoxy) is 2. The summed E-state index contributed by atoms with van der Waals surface area (Å²) in [7, 11) is 0. The van der Waals surface area contributed by atoms with Crippen LogP contribution in [-0.4, -0.2) is 24.9 Å². The topological polar surface area (TPSA) is 30.5 Å². The lowest BCUT2D eigenvalue weighted by Gasteiger charge is -2.17. The molecule has 4 heteroatoms. The van der Waals surface area contributed by atoms with Crippen LogP contribution >= 0.6 is 0 Å². The lowest BCUT2D eigenvalue weighted by molar-refractivity contribution is 0.0253. The summed E-state index contributed by atoms with van der Waals surface area (Å²) in [6.45, 7) is 7.20. The first-order valence-corrected chi connectivity index (χ1v) is 7.35. The minimum absolute atomic E-state index is 0.0792. The Labute approximate surface area is 120 Å². The van der Waals surface area contributed by atoms with E-state index in [-0.39, 0.29) is 18.0 Å². The lowest BCUT2D eigenvalue weighted by atomic mass is 10.1. The molecule has 1 heterocycles. The Bertz CT molecular complexity index is 436. The summed E-state index contributed by atoms with van der Waals surface area (Å²) in [5.74, 6) is 0.0444. The highest BCUT2D eigenvalue weighted by Crippen LogP contribution is 2.25. The second-order valence-corrected chi connectivity index (χ2v) is 5.72. The molecule has 1 N–H and O–H groups in total. The zero-order chi connectivity index (χ0) is 14.5. The normalized spacial score (nSPS) is 22.4. The quantitative estimate of drug-likeness (QED) is 0.868. The van der Waals surface area contributed by atoms with Gasteiger partial charge in [0.05, 0.1) is 12.2 Å². The average molecular weight is 281 g/mol. The van der Waals surface area contributed by atoms with Gasteiger partial charge in [-0.05, 0) is 25.8 Å². The van der Waals surface area contributed by atoms with Crippen LogP contribution in [0.4, 0.5) is 4.39 Å². The molecule has 1 aromatic rings. The number of para-hydroxylation sites is 1. The van der Waals surface area contributed by atoms with Gasteiger partial charge in [0, 0.05) is 18.2 Å². The van der Waals surface area contributed by atoms with Crippen molar-refractivity contribution in [3.8, 4) is 5.75 Å². The van der Waals surface area contributed by atoms with Crippen molar-refractivity contribution in [3.05, 3.63) is 29.6 Å². The zero-order valence-electron chi connectivity index (χ0n) is 12.5. The largest absolute Gasteiger partial charge is 0.487 e. The van der Waals surface area contributed by atoms with E-state index in [4.69, 9.17) is 9.47 Å². The maximum Gasteiger partial charge on any atom is 0.165 e. The molecule has 1 saturated heterocycles. The van der Waals surface area contributed by atoms with Gasteiger partial charge in [-0.1, -0.05) is 26.0 Å². The maximum absolute atomic E-state index is 13.9. The van der Waals surface area contributed by atoms with Crippen molar-refractivity contribution < 1.29 is 13.9 Å². The molecule has 0 spiro atoms. The first-order chi connectivity index (χ1) is 9.56. The van der Waals surface area contributed by atoms with Crippen LogP contribution in [0.5, 0.6) is 5.75 Å². The molecule has 1 aliphatic rings. The molecule has 1 aliphatic heterocycles. The van der Waals surface area contributed by atoms with Gasteiger partial charge in [0.25, 0.3) is 0 Å². The van der Waals surface area contributed by atoms with Crippen LogP contribution in [-0.2, 0) is 11.3 Å². The molecule has 2 unspecified atom stereocenters. The molecule has 0 amide bonds. The van der Waals surface area contributed by atoms with Crippen LogP contribution in [0.25, 0.3) is 0 Å². The van der Waals surface area contributed by atoms with Crippen molar-refractivity contribution in [2.75, 3.05) is 6.61 Å². The highest BCUT2D eigenvalue weighted by molar-refractivity contribution is 5.35. The van der Waals surface area contributed by atoms with E-state index in [0.717, 1.165) is 18.4 Å². The van der Waals surface area contributed by atoms with Gasteiger partial charge < -0.3 is 14.8 Å². The lowest BCUT2D eigenvalue weighted by Crippen LogP contribution is -2.23. The number of hydrogen-bond donors (Lipinski definition) is 1. The standard InChI is InChI=1S/C16H24FNO2/c1-11(2)18-9-13-5-4-6-15(17)16(13)19-10-14-8-7-12(3)20-14/h4-6,11-12,14,18H,7-10H2,1-3H3. The van der Waals surface area contributed by atoms with Gasteiger partial charge in [-0.3, -0.25) is 0 Å². The first-order valence-electron chi connectivity index (χ1n) is 7.35.